The third-order valence-corrected chi connectivity index (χ3v) is 3.49. The van der Waals surface area contributed by atoms with Crippen LogP contribution in [0.3, 0.4) is 0 Å². The van der Waals surface area contributed by atoms with Gasteiger partial charge in [-0.05, 0) is 37.5 Å². The third-order valence-electron chi connectivity index (χ3n) is 3.49. The van der Waals surface area contributed by atoms with Crippen LogP contribution in [0, 0.1) is 11.8 Å². The van der Waals surface area contributed by atoms with Crippen molar-refractivity contribution in [2.75, 3.05) is 0 Å². The molecule has 0 unspecified atom stereocenters. The summed E-state index contributed by atoms with van der Waals surface area (Å²) < 4.78 is 0. The molecule has 0 bridgehead atoms. The minimum absolute atomic E-state index is 0.734. The Labute approximate surface area is 93.1 Å². The van der Waals surface area contributed by atoms with Gasteiger partial charge in [-0.25, -0.2) is 0 Å². The highest BCUT2D eigenvalue weighted by Crippen LogP contribution is 2.33. The Balaban J connectivity index is 2.09. The Morgan fingerprint density at radius 1 is 1.27 bits per heavy atom. The maximum atomic E-state index is 2.38. The van der Waals surface area contributed by atoms with E-state index in [1.807, 2.05) is 0 Å². The predicted octanol–water partition coefficient (Wildman–Crippen LogP) is 4.42. The second-order valence-corrected chi connectivity index (χ2v) is 4.44. The Kier molecular flexibility index (Phi) is 3.60. The Hall–Kier alpha value is -1.04. The van der Waals surface area contributed by atoms with Crippen molar-refractivity contribution in [3.8, 4) is 0 Å². The quantitative estimate of drug-likeness (QED) is 0.632. The molecule has 0 aromatic rings. The summed E-state index contributed by atoms with van der Waals surface area (Å²) in [5.41, 5.74) is 1.66. The molecule has 0 aliphatic heterocycles. The van der Waals surface area contributed by atoms with Crippen molar-refractivity contribution in [1.82, 2.24) is 0 Å². The highest BCUT2D eigenvalue weighted by molar-refractivity contribution is 5.23. The van der Waals surface area contributed by atoms with E-state index < -0.39 is 0 Å². The summed E-state index contributed by atoms with van der Waals surface area (Å²) in [6.45, 7) is 2.32. The molecule has 0 fully saturated rings. The van der Waals surface area contributed by atoms with Gasteiger partial charge in [0.1, 0.15) is 0 Å². The summed E-state index contributed by atoms with van der Waals surface area (Å²) >= 11 is 0. The average Bonchev–Trinajstić information content (AvgIpc) is 2.33. The summed E-state index contributed by atoms with van der Waals surface area (Å²) in [4.78, 5) is 0. The highest BCUT2D eigenvalue weighted by Gasteiger charge is 2.21. The van der Waals surface area contributed by atoms with E-state index in [1.54, 1.807) is 5.57 Å². The molecule has 0 aromatic heterocycles. The van der Waals surface area contributed by atoms with Crippen molar-refractivity contribution in [3.63, 3.8) is 0 Å². The van der Waals surface area contributed by atoms with Gasteiger partial charge in [0, 0.05) is 0 Å². The molecule has 0 radical (unpaired) electrons. The highest BCUT2D eigenvalue weighted by atomic mass is 14.3. The molecule has 80 valence electrons. The molecular formula is C15H20. The van der Waals surface area contributed by atoms with Gasteiger partial charge in [-0.1, -0.05) is 55.0 Å². The molecule has 0 saturated heterocycles. The molecule has 2 atom stereocenters. The summed E-state index contributed by atoms with van der Waals surface area (Å²) in [7, 11) is 0. The van der Waals surface area contributed by atoms with Crippen LogP contribution in [-0.4, -0.2) is 0 Å². The normalized spacial score (nSPS) is 26.5. The lowest BCUT2D eigenvalue weighted by atomic mass is 9.78. The van der Waals surface area contributed by atoms with Crippen LogP contribution in [0.4, 0.5) is 0 Å². The molecular weight excluding hydrogens is 180 g/mol. The van der Waals surface area contributed by atoms with Gasteiger partial charge in [-0.3, -0.25) is 0 Å². The summed E-state index contributed by atoms with van der Waals surface area (Å²) in [5, 5.41) is 0. The van der Waals surface area contributed by atoms with Crippen molar-refractivity contribution in [2.24, 2.45) is 11.8 Å². The lowest BCUT2D eigenvalue weighted by Gasteiger charge is -2.27. The molecule has 15 heavy (non-hydrogen) atoms. The van der Waals surface area contributed by atoms with E-state index in [0.29, 0.717) is 0 Å². The largest absolute Gasteiger partial charge is 0.0842 e. The van der Waals surface area contributed by atoms with Gasteiger partial charge < -0.3 is 0 Å². The first-order chi connectivity index (χ1) is 7.42. The van der Waals surface area contributed by atoms with E-state index in [0.717, 1.165) is 11.8 Å². The molecule has 0 heterocycles. The van der Waals surface area contributed by atoms with Crippen LogP contribution in [0.25, 0.3) is 0 Å². The first-order valence-corrected chi connectivity index (χ1v) is 6.10. The fourth-order valence-corrected chi connectivity index (χ4v) is 2.67. The lowest BCUT2D eigenvalue weighted by molar-refractivity contribution is 0.428. The Morgan fingerprint density at radius 3 is 2.80 bits per heavy atom. The summed E-state index contributed by atoms with van der Waals surface area (Å²) in [6.07, 6.45) is 20.9. The topological polar surface area (TPSA) is 0 Å². The third kappa shape index (κ3) is 2.50. The standard InChI is InChI=1S/C15H20/c1-2-15(13-9-5-3-6-10-13)14-11-7-4-8-12-14/h3-7,9,11,13,15H,2,8,10,12H2,1H3/t13-,15+/m0/s1. The van der Waals surface area contributed by atoms with E-state index in [9.17, 15) is 0 Å². The SMILES string of the molecule is CC[C@@H](C1=CC=CCC1)[C@H]1C=CC=CC1. The maximum Gasteiger partial charge on any atom is -0.0130 e. The van der Waals surface area contributed by atoms with Crippen LogP contribution in [-0.2, 0) is 0 Å². The second kappa shape index (κ2) is 5.16. The minimum Gasteiger partial charge on any atom is -0.0842 e. The fraction of sp³-hybridized carbons (Fsp3) is 0.467. The van der Waals surface area contributed by atoms with Gasteiger partial charge in [0.2, 0.25) is 0 Å². The molecule has 2 aliphatic rings. The molecule has 0 spiro atoms. The Bertz CT molecular complexity index is 315. The first kappa shape index (κ1) is 10.5. The molecule has 0 saturated carbocycles. The van der Waals surface area contributed by atoms with Gasteiger partial charge in [-0.15, -0.1) is 0 Å². The van der Waals surface area contributed by atoms with E-state index in [4.69, 9.17) is 0 Å². The van der Waals surface area contributed by atoms with Gasteiger partial charge in [-0.2, -0.15) is 0 Å². The van der Waals surface area contributed by atoms with Crippen LogP contribution in [0.2, 0.25) is 0 Å². The van der Waals surface area contributed by atoms with E-state index in [2.05, 4.69) is 49.5 Å². The van der Waals surface area contributed by atoms with Gasteiger partial charge in [0.25, 0.3) is 0 Å². The van der Waals surface area contributed by atoms with Gasteiger partial charge >= 0.3 is 0 Å². The van der Waals surface area contributed by atoms with Crippen molar-refractivity contribution in [1.29, 1.82) is 0 Å². The van der Waals surface area contributed by atoms with Crippen LogP contribution in [0.5, 0.6) is 0 Å². The minimum atomic E-state index is 0.734. The number of allylic oxidation sites excluding steroid dienone is 8. The number of rotatable bonds is 3. The van der Waals surface area contributed by atoms with Gasteiger partial charge in [0.15, 0.2) is 0 Å². The lowest BCUT2D eigenvalue weighted by Crippen LogP contribution is -2.16. The van der Waals surface area contributed by atoms with Crippen molar-refractivity contribution in [3.05, 3.63) is 48.1 Å². The van der Waals surface area contributed by atoms with Crippen molar-refractivity contribution >= 4 is 0 Å². The number of hydrogen-bond acceptors (Lipinski definition) is 0. The number of hydrogen-bond donors (Lipinski definition) is 0. The van der Waals surface area contributed by atoms with Crippen LogP contribution < -0.4 is 0 Å². The fourth-order valence-electron chi connectivity index (χ4n) is 2.67. The summed E-state index contributed by atoms with van der Waals surface area (Å²) in [6, 6.07) is 0. The summed E-state index contributed by atoms with van der Waals surface area (Å²) in [5.74, 6) is 1.49. The van der Waals surface area contributed by atoms with Crippen molar-refractivity contribution in [2.45, 2.75) is 32.6 Å². The van der Waals surface area contributed by atoms with Crippen LogP contribution in [0.15, 0.2) is 48.1 Å². The molecule has 0 amide bonds. The Morgan fingerprint density at radius 2 is 2.20 bits per heavy atom. The zero-order chi connectivity index (χ0) is 10.5. The smallest absolute Gasteiger partial charge is 0.0130 e. The molecule has 0 N–H and O–H groups in total. The zero-order valence-corrected chi connectivity index (χ0v) is 9.52. The van der Waals surface area contributed by atoms with Crippen LogP contribution in [0.1, 0.15) is 32.6 Å². The first-order valence-electron chi connectivity index (χ1n) is 6.10. The van der Waals surface area contributed by atoms with Gasteiger partial charge in [0.05, 0.1) is 0 Å². The maximum absolute atomic E-state index is 2.38. The van der Waals surface area contributed by atoms with E-state index in [-0.39, 0.29) is 0 Å². The van der Waals surface area contributed by atoms with Crippen LogP contribution >= 0.6 is 0 Å². The molecule has 0 nitrogen and oxygen atoms in total. The van der Waals surface area contributed by atoms with E-state index in [1.165, 1.54) is 25.7 Å². The molecule has 2 rings (SSSR count). The zero-order valence-electron chi connectivity index (χ0n) is 9.52. The van der Waals surface area contributed by atoms with E-state index >= 15 is 0 Å². The average molecular weight is 200 g/mol. The molecule has 0 heteroatoms. The predicted molar refractivity (Wildman–Crippen MR) is 66.6 cm³/mol. The van der Waals surface area contributed by atoms with Crippen molar-refractivity contribution < 1.29 is 0 Å². The second-order valence-electron chi connectivity index (χ2n) is 4.44. The molecule has 2 aliphatic carbocycles. The molecule has 0 aromatic carbocycles. The monoisotopic (exact) mass is 200 g/mol.